The first-order chi connectivity index (χ1) is 12.8. The van der Waals surface area contributed by atoms with Crippen molar-refractivity contribution in [3.8, 4) is 11.5 Å². The van der Waals surface area contributed by atoms with Gasteiger partial charge in [-0.1, -0.05) is 0 Å². The molecular formula is C16H13F6NO4S. The van der Waals surface area contributed by atoms with Crippen LogP contribution >= 0.6 is 0 Å². The predicted molar refractivity (Wildman–Crippen MR) is 86.8 cm³/mol. The minimum atomic E-state index is -5.12. The molecule has 0 bridgehead atoms. The van der Waals surface area contributed by atoms with E-state index in [2.05, 4.69) is 0 Å². The number of hydrogen-bond donors (Lipinski definition) is 1. The average molecular weight is 429 g/mol. The number of anilines is 1. The lowest BCUT2D eigenvalue weighted by Crippen LogP contribution is -2.17. The van der Waals surface area contributed by atoms with E-state index in [4.69, 9.17) is 9.47 Å². The second-order valence-electron chi connectivity index (χ2n) is 5.42. The van der Waals surface area contributed by atoms with E-state index in [-0.39, 0.29) is 29.7 Å². The zero-order valence-corrected chi connectivity index (χ0v) is 15.1. The second-order valence-corrected chi connectivity index (χ2v) is 7.07. The Morgan fingerprint density at radius 3 is 1.79 bits per heavy atom. The van der Waals surface area contributed by atoms with Gasteiger partial charge < -0.3 is 9.47 Å². The van der Waals surface area contributed by atoms with Crippen molar-refractivity contribution < 1.29 is 44.2 Å². The third kappa shape index (κ3) is 4.80. The summed E-state index contributed by atoms with van der Waals surface area (Å²) in [6.45, 7) is 0. The van der Waals surface area contributed by atoms with Crippen LogP contribution in [0.4, 0.5) is 32.0 Å². The van der Waals surface area contributed by atoms with E-state index in [0.29, 0.717) is 0 Å². The van der Waals surface area contributed by atoms with E-state index in [1.165, 1.54) is 19.2 Å². The van der Waals surface area contributed by atoms with Crippen LogP contribution in [-0.2, 0) is 22.4 Å². The second kappa shape index (κ2) is 7.41. The Kier molecular flexibility index (Phi) is 5.74. The maximum atomic E-state index is 12.9. The van der Waals surface area contributed by atoms with Crippen molar-refractivity contribution in [1.82, 2.24) is 0 Å². The van der Waals surface area contributed by atoms with Crippen LogP contribution in [0.3, 0.4) is 0 Å². The van der Waals surface area contributed by atoms with Gasteiger partial charge in [0, 0.05) is 6.07 Å². The fourth-order valence-corrected chi connectivity index (χ4v) is 3.44. The van der Waals surface area contributed by atoms with E-state index >= 15 is 0 Å². The molecule has 0 aliphatic heterocycles. The van der Waals surface area contributed by atoms with E-state index in [1.807, 2.05) is 0 Å². The molecule has 2 aromatic carbocycles. The van der Waals surface area contributed by atoms with Crippen LogP contribution in [0, 0.1) is 0 Å². The molecule has 0 aliphatic carbocycles. The minimum absolute atomic E-state index is 0.0844. The predicted octanol–water partition coefficient (Wildman–Crippen LogP) is 4.54. The first kappa shape index (κ1) is 21.7. The molecule has 0 saturated carbocycles. The van der Waals surface area contributed by atoms with Gasteiger partial charge in [-0.3, -0.25) is 4.72 Å². The quantitative estimate of drug-likeness (QED) is 0.709. The zero-order chi connectivity index (χ0) is 21.3. The number of benzene rings is 2. The molecule has 0 aliphatic rings. The molecule has 0 spiro atoms. The molecule has 154 valence electrons. The highest BCUT2D eigenvalue weighted by Gasteiger charge is 2.37. The van der Waals surface area contributed by atoms with Gasteiger partial charge in [0.25, 0.3) is 10.0 Å². The summed E-state index contributed by atoms with van der Waals surface area (Å²) >= 11 is 0. The lowest BCUT2D eigenvalue weighted by molar-refractivity contribution is -0.143. The molecule has 2 aromatic rings. The Hall–Kier alpha value is -2.63. The molecule has 0 aromatic heterocycles. The highest BCUT2D eigenvalue weighted by atomic mass is 32.2. The Morgan fingerprint density at radius 1 is 0.821 bits per heavy atom. The van der Waals surface area contributed by atoms with Crippen LogP contribution in [-0.4, -0.2) is 22.6 Å². The highest BCUT2D eigenvalue weighted by Crippen LogP contribution is 2.38. The van der Waals surface area contributed by atoms with Crippen LogP contribution in [0.2, 0.25) is 0 Å². The van der Waals surface area contributed by atoms with Gasteiger partial charge >= 0.3 is 12.4 Å². The van der Waals surface area contributed by atoms with Crippen LogP contribution in [0.25, 0.3) is 0 Å². The summed E-state index contributed by atoms with van der Waals surface area (Å²) in [6.07, 6.45) is -10.2. The lowest BCUT2D eigenvalue weighted by atomic mass is 10.1. The van der Waals surface area contributed by atoms with Crippen molar-refractivity contribution in [3.05, 3.63) is 47.5 Å². The van der Waals surface area contributed by atoms with Gasteiger partial charge in [0.15, 0.2) is 0 Å². The Balaban J connectivity index is 2.58. The van der Waals surface area contributed by atoms with Gasteiger partial charge in [0.2, 0.25) is 0 Å². The molecule has 0 saturated heterocycles. The zero-order valence-electron chi connectivity index (χ0n) is 14.3. The van der Waals surface area contributed by atoms with E-state index in [9.17, 15) is 34.8 Å². The van der Waals surface area contributed by atoms with Gasteiger partial charge in [0.1, 0.15) is 16.4 Å². The summed E-state index contributed by atoms with van der Waals surface area (Å²) in [4.78, 5) is -0.527. The Bertz CT molecular complexity index is 938. The molecule has 0 heterocycles. The van der Waals surface area contributed by atoms with Gasteiger partial charge in [0.05, 0.1) is 31.0 Å². The summed E-state index contributed by atoms with van der Waals surface area (Å²) in [5.74, 6) is -0.0995. The number of nitrogens with one attached hydrogen (secondary N) is 1. The molecule has 0 amide bonds. The largest absolute Gasteiger partial charge is 0.497 e. The maximum absolute atomic E-state index is 12.9. The Labute approximate surface area is 155 Å². The summed E-state index contributed by atoms with van der Waals surface area (Å²) in [6, 6.07) is 4.02. The van der Waals surface area contributed by atoms with E-state index in [1.54, 1.807) is 4.72 Å². The first-order valence-electron chi connectivity index (χ1n) is 7.32. The van der Waals surface area contributed by atoms with E-state index < -0.39 is 44.1 Å². The van der Waals surface area contributed by atoms with Gasteiger partial charge in [-0.15, -0.1) is 0 Å². The average Bonchev–Trinajstić information content (AvgIpc) is 2.59. The smallest absolute Gasteiger partial charge is 0.416 e. The molecule has 0 unspecified atom stereocenters. The molecule has 0 radical (unpaired) electrons. The van der Waals surface area contributed by atoms with Crippen molar-refractivity contribution in [2.75, 3.05) is 18.9 Å². The Morgan fingerprint density at radius 2 is 1.36 bits per heavy atom. The lowest BCUT2D eigenvalue weighted by Gasteiger charge is -2.16. The summed E-state index contributed by atoms with van der Waals surface area (Å²) < 4.78 is 114. The number of sulfonamides is 1. The molecule has 12 heteroatoms. The summed E-state index contributed by atoms with van der Waals surface area (Å²) in [5, 5.41) is 0. The van der Waals surface area contributed by atoms with Crippen molar-refractivity contribution in [1.29, 1.82) is 0 Å². The normalized spacial score (nSPS) is 12.6. The monoisotopic (exact) mass is 429 g/mol. The fraction of sp³-hybridized carbons (Fsp3) is 0.250. The van der Waals surface area contributed by atoms with Crippen LogP contribution < -0.4 is 14.2 Å². The minimum Gasteiger partial charge on any atom is -0.497 e. The number of halogens is 6. The molecule has 28 heavy (non-hydrogen) atoms. The molecule has 0 atom stereocenters. The number of ether oxygens (including phenoxy) is 2. The number of hydrogen-bond acceptors (Lipinski definition) is 4. The third-order valence-electron chi connectivity index (χ3n) is 3.50. The molecule has 5 nitrogen and oxygen atoms in total. The maximum Gasteiger partial charge on any atom is 0.416 e. The van der Waals surface area contributed by atoms with Gasteiger partial charge in [-0.2, -0.15) is 26.3 Å². The van der Waals surface area contributed by atoms with Crippen molar-refractivity contribution in [2.45, 2.75) is 17.2 Å². The highest BCUT2D eigenvalue weighted by molar-refractivity contribution is 7.92. The topological polar surface area (TPSA) is 64.6 Å². The molecule has 0 fully saturated rings. The third-order valence-corrected chi connectivity index (χ3v) is 4.90. The SMILES string of the molecule is COc1ccc(OC)c(S(=O)(=O)Nc2cc(C(F)(F)F)cc(C(F)(F)F)c2)c1. The van der Waals surface area contributed by atoms with Crippen LogP contribution in [0.1, 0.15) is 11.1 Å². The fourth-order valence-electron chi connectivity index (χ4n) is 2.22. The number of rotatable bonds is 5. The van der Waals surface area contributed by atoms with E-state index in [0.717, 1.165) is 13.2 Å². The van der Waals surface area contributed by atoms with Crippen molar-refractivity contribution >= 4 is 15.7 Å². The van der Waals surface area contributed by atoms with Crippen LogP contribution in [0.15, 0.2) is 41.3 Å². The summed E-state index contributed by atoms with van der Waals surface area (Å²) in [7, 11) is -2.21. The summed E-state index contributed by atoms with van der Waals surface area (Å²) in [5.41, 5.74) is -4.22. The van der Waals surface area contributed by atoms with Crippen molar-refractivity contribution in [3.63, 3.8) is 0 Å². The standard InChI is InChI=1S/C16H13F6NO4S/c1-26-12-3-4-13(27-2)14(8-12)28(24,25)23-11-6-9(15(17,18)19)5-10(7-11)16(20,21)22/h3-8,23H,1-2H3. The number of alkyl halides is 6. The molecule has 2 rings (SSSR count). The molecular weight excluding hydrogens is 416 g/mol. The van der Waals surface area contributed by atoms with Gasteiger partial charge in [-0.25, -0.2) is 8.42 Å². The van der Waals surface area contributed by atoms with Gasteiger partial charge in [-0.05, 0) is 30.3 Å². The first-order valence-corrected chi connectivity index (χ1v) is 8.80. The van der Waals surface area contributed by atoms with Crippen LogP contribution in [0.5, 0.6) is 11.5 Å². The number of methoxy groups -OCH3 is 2. The molecule has 1 N–H and O–H groups in total. The van der Waals surface area contributed by atoms with Crippen molar-refractivity contribution in [2.24, 2.45) is 0 Å².